The van der Waals surface area contributed by atoms with E-state index < -0.39 is 0 Å². The minimum atomic E-state index is -0.294. The van der Waals surface area contributed by atoms with Gasteiger partial charge in [0.25, 0.3) is 0 Å². The maximum Gasteiger partial charge on any atom is 0.160 e. The summed E-state index contributed by atoms with van der Waals surface area (Å²) in [6.45, 7) is 3.49. The Morgan fingerprint density at radius 1 is 1.47 bits per heavy atom. The van der Waals surface area contributed by atoms with Crippen LogP contribution < -0.4 is 0 Å². The van der Waals surface area contributed by atoms with Crippen LogP contribution in [0.2, 0.25) is 0 Å². The Kier molecular flexibility index (Phi) is 2.12. The number of Topliss-reactive ketones (excluding diaryl/α,β-unsaturated/α-hetero) is 1. The molecule has 0 amide bonds. The lowest BCUT2D eigenvalue weighted by molar-refractivity contribution is 0.101. The van der Waals surface area contributed by atoms with Gasteiger partial charge in [-0.2, -0.15) is 5.26 Å². The minimum absolute atomic E-state index is 0.0723. The number of aryl methyl sites for hydroxylation is 1. The number of nitrogens with zero attached hydrogens (tertiary/aromatic N) is 1. The van der Waals surface area contributed by atoms with Crippen molar-refractivity contribution in [3.63, 3.8) is 0 Å². The second kappa shape index (κ2) is 3.20. The zero-order chi connectivity index (χ0) is 11.1. The molecule has 0 heterocycles. The van der Waals surface area contributed by atoms with Crippen LogP contribution in [0, 0.1) is 18.3 Å². The number of hydrogen-bond acceptors (Lipinski definition) is 2. The number of hydrogen-bond donors (Lipinski definition) is 0. The van der Waals surface area contributed by atoms with Gasteiger partial charge in [-0.1, -0.05) is 12.1 Å². The average molecular weight is 199 g/mol. The zero-order valence-electron chi connectivity index (χ0n) is 9.00. The molecule has 2 rings (SSSR count). The Hall–Kier alpha value is -1.62. The molecule has 0 saturated heterocycles. The van der Waals surface area contributed by atoms with Gasteiger partial charge in [-0.25, -0.2) is 0 Å². The van der Waals surface area contributed by atoms with Gasteiger partial charge in [-0.05, 0) is 43.9 Å². The first-order valence-corrected chi connectivity index (χ1v) is 5.12. The number of nitriles is 1. The van der Waals surface area contributed by atoms with E-state index in [1.807, 2.05) is 25.1 Å². The second-order valence-corrected chi connectivity index (χ2v) is 4.28. The van der Waals surface area contributed by atoms with Crippen LogP contribution in [0.4, 0.5) is 0 Å². The maximum atomic E-state index is 11.4. The van der Waals surface area contributed by atoms with Crippen LogP contribution in [0.1, 0.15) is 41.3 Å². The highest BCUT2D eigenvalue weighted by atomic mass is 16.1. The normalized spacial score (nSPS) is 16.9. The van der Waals surface area contributed by atoms with Crippen LogP contribution in [0.15, 0.2) is 18.2 Å². The lowest BCUT2D eigenvalue weighted by Crippen LogP contribution is -2.05. The fourth-order valence-corrected chi connectivity index (χ4v) is 1.89. The van der Waals surface area contributed by atoms with Crippen molar-refractivity contribution in [1.29, 1.82) is 5.26 Å². The van der Waals surface area contributed by atoms with Gasteiger partial charge < -0.3 is 0 Å². The SMILES string of the molecule is CC(=O)c1cc(C2(C#N)CC2)ccc1C. The first kappa shape index (κ1) is 9.92. The summed E-state index contributed by atoms with van der Waals surface area (Å²) in [4.78, 5) is 11.4. The highest BCUT2D eigenvalue weighted by Gasteiger charge is 2.45. The molecule has 0 radical (unpaired) electrons. The molecule has 0 aliphatic heterocycles. The van der Waals surface area contributed by atoms with Gasteiger partial charge in [0.15, 0.2) is 5.78 Å². The molecule has 1 aliphatic carbocycles. The number of rotatable bonds is 2. The molecule has 0 unspecified atom stereocenters. The van der Waals surface area contributed by atoms with Gasteiger partial charge >= 0.3 is 0 Å². The largest absolute Gasteiger partial charge is 0.295 e. The molecule has 2 heteroatoms. The molecule has 2 nitrogen and oxygen atoms in total. The lowest BCUT2D eigenvalue weighted by Gasteiger charge is -2.09. The molecule has 1 aromatic carbocycles. The zero-order valence-corrected chi connectivity index (χ0v) is 9.00. The van der Waals surface area contributed by atoms with Crippen molar-refractivity contribution in [2.24, 2.45) is 0 Å². The summed E-state index contributed by atoms with van der Waals surface area (Å²) in [6.07, 6.45) is 1.84. The van der Waals surface area contributed by atoms with Crippen molar-refractivity contribution in [3.05, 3.63) is 34.9 Å². The smallest absolute Gasteiger partial charge is 0.160 e. The van der Waals surface area contributed by atoms with Crippen LogP contribution in [-0.4, -0.2) is 5.78 Å². The van der Waals surface area contributed by atoms with E-state index in [-0.39, 0.29) is 11.2 Å². The molecule has 0 atom stereocenters. The summed E-state index contributed by atoms with van der Waals surface area (Å²) < 4.78 is 0. The summed E-state index contributed by atoms with van der Waals surface area (Å²) >= 11 is 0. The first-order valence-electron chi connectivity index (χ1n) is 5.12. The molecule has 15 heavy (non-hydrogen) atoms. The van der Waals surface area contributed by atoms with Crippen molar-refractivity contribution < 1.29 is 4.79 Å². The number of carbonyl (C=O) groups is 1. The third-order valence-electron chi connectivity index (χ3n) is 3.13. The Morgan fingerprint density at radius 2 is 2.13 bits per heavy atom. The molecular weight excluding hydrogens is 186 g/mol. The van der Waals surface area contributed by atoms with E-state index >= 15 is 0 Å². The van der Waals surface area contributed by atoms with Gasteiger partial charge in [0, 0.05) is 5.56 Å². The highest BCUT2D eigenvalue weighted by molar-refractivity contribution is 5.95. The van der Waals surface area contributed by atoms with Crippen LogP contribution in [0.5, 0.6) is 0 Å². The maximum absolute atomic E-state index is 11.4. The monoisotopic (exact) mass is 199 g/mol. The quantitative estimate of drug-likeness (QED) is 0.687. The summed E-state index contributed by atoms with van der Waals surface area (Å²) in [5, 5.41) is 9.07. The summed E-state index contributed by atoms with van der Waals surface area (Å²) in [5.74, 6) is 0.0723. The topological polar surface area (TPSA) is 40.9 Å². The predicted octanol–water partition coefficient (Wildman–Crippen LogP) is 2.75. The minimum Gasteiger partial charge on any atom is -0.295 e. The van der Waals surface area contributed by atoms with Gasteiger partial charge in [0.1, 0.15) is 0 Å². The molecule has 1 fully saturated rings. The van der Waals surface area contributed by atoms with E-state index in [1.54, 1.807) is 6.92 Å². The second-order valence-electron chi connectivity index (χ2n) is 4.28. The van der Waals surface area contributed by atoms with Crippen LogP contribution in [0.3, 0.4) is 0 Å². The number of benzene rings is 1. The molecule has 0 bridgehead atoms. The average Bonchev–Trinajstić information content (AvgIpc) is 2.99. The Balaban J connectivity index is 2.49. The summed E-state index contributed by atoms with van der Waals surface area (Å²) in [7, 11) is 0. The van der Waals surface area contributed by atoms with Crippen LogP contribution in [0.25, 0.3) is 0 Å². The van der Waals surface area contributed by atoms with Crippen LogP contribution in [-0.2, 0) is 5.41 Å². The van der Waals surface area contributed by atoms with E-state index in [1.165, 1.54) is 0 Å². The van der Waals surface area contributed by atoms with E-state index in [4.69, 9.17) is 5.26 Å². The van der Waals surface area contributed by atoms with Gasteiger partial charge in [0.05, 0.1) is 11.5 Å². The summed E-state index contributed by atoms with van der Waals surface area (Å²) in [5.41, 5.74) is 2.44. The first-order chi connectivity index (χ1) is 7.09. The standard InChI is InChI=1S/C13H13NO/c1-9-3-4-11(7-12(9)10(2)15)13(8-14)5-6-13/h3-4,7H,5-6H2,1-2H3. The van der Waals surface area contributed by atoms with E-state index in [0.717, 1.165) is 29.5 Å². The molecule has 1 aliphatic rings. The fourth-order valence-electron chi connectivity index (χ4n) is 1.89. The third kappa shape index (κ3) is 1.55. The van der Waals surface area contributed by atoms with Gasteiger partial charge in [0.2, 0.25) is 0 Å². The van der Waals surface area contributed by atoms with E-state index in [0.29, 0.717) is 0 Å². The van der Waals surface area contributed by atoms with Crippen molar-refractivity contribution >= 4 is 5.78 Å². The van der Waals surface area contributed by atoms with Crippen molar-refractivity contribution in [2.45, 2.75) is 32.1 Å². The molecule has 1 aromatic rings. The van der Waals surface area contributed by atoms with Crippen molar-refractivity contribution in [3.8, 4) is 6.07 Å². The molecule has 1 saturated carbocycles. The highest BCUT2D eigenvalue weighted by Crippen LogP contribution is 2.47. The lowest BCUT2D eigenvalue weighted by atomic mass is 9.93. The molecule has 0 N–H and O–H groups in total. The molecular formula is C13H13NO. The molecule has 0 spiro atoms. The van der Waals surface area contributed by atoms with Gasteiger partial charge in [-0.15, -0.1) is 0 Å². The summed E-state index contributed by atoms with van der Waals surface area (Å²) in [6, 6.07) is 8.13. The van der Waals surface area contributed by atoms with Crippen LogP contribution >= 0.6 is 0 Å². The van der Waals surface area contributed by atoms with E-state index in [2.05, 4.69) is 6.07 Å². The Bertz CT molecular complexity index is 464. The third-order valence-corrected chi connectivity index (χ3v) is 3.13. The fraction of sp³-hybridized carbons (Fsp3) is 0.385. The molecule has 0 aromatic heterocycles. The Morgan fingerprint density at radius 3 is 2.60 bits per heavy atom. The number of ketones is 1. The molecule has 76 valence electrons. The Labute approximate surface area is 89.5 Å². The number of carbonyl (C=O) groups excluding carboxylic acids is 1. The van der Waals surface area contributed by atoms with Crippen molar-refractivity contribution in [1.82, 2.24) is 0 Å². The predicted molar refractivity (Wildman–Crippen MR) is 57.7 cm³/mol. The van der Waals surface area contributed by atoms with Crippen molar-refractivity contribution in [2.75, 3.05) is 0 Å². The van der Waals surface area contributed by atoms with E-state index in [9.17, 15) is 4.79 Å². The van der Waals surface area contributed by atoms with Gasteiger partial charge in [-0.3, -0.25) is 4.79 Å².